The van der Waals surface area contributed by atoms with Gasteiger partial charge >= 0.3 is 0 Å². The molecule has 2 aromatic rings. The van der Waals surface area contributed by atoms with Crippen LogP contribution in [0.2, 0.25) is 5.02 Å². The molecule has 2 N–H and O–H groups in total. The van der Waals surface area contributed by atoms with E-state index in [-0.39, 0.29) is 24.0 Å². The first-order valence-corrected chi connectivity index (χ1v) is 10.6. The van der Waals surface area contributed by atoms with Crippen molar-refractivity contribution in [3.05, 3.63) is 47.2 Å². The molecule has 8 heteroatoms. The molecule has 0 aliphatic carbocycles. The van der Waals surface area contributed by atoms with Crippen LogP contribution in [-0.2, 0) is 13.5 Å². The number of halogens is 2. The molecule has 0 bridgehead atoms. The van der Waals surface area contributed by atoms with Crippen molar-refractivity contribution in [2.75, 3.05) is 31.1 Å². The number of anilines is 1. The van der Waals surface area contributed by atoms with Crippen LogP contribution in [0, 0.1) is 0 Å². The number of aryl methyl sites for hydroxylation is 2. The fourth-order valence-corrected chi connectivity index (χ4v) is 3.81. The molecule has 1 aromatic heterocycles. The number of piperidine rings is 1. The maximum absolute atomic E-state index is 6.24. The molecule has 6 nitrogen and oxygen atoms in total. The van der Waals surface area contributed by atoms with Crippen molar-refractivity contribution in [3.63, 3.8) is 0 Å². The van der Waals surface area contributed by atoms with Crippen molar-refractivity contribution < 1.29 is 0 Å². The van der Waals surface area contributed by atoms with E-state index < -0.39 is 0 Å². The number of hydrogen-bond acceptors (Lipinski definition) is 3. The first-order valence-electron chi connectivity index (χ1n) is 10.2. The second kappa shape index (κ2) is 12.3. The summed E-state index contributed by atoms with van der Waals surface area (Å²) in [7, 11) is 1.96. The lowest BCUT2D eigenvalue weighted by Crippen LogP contribution is -2.51. The van der Waals surface area contributed by atoms with Crippen LogP contribution < -0.4 is 15.5 Å². The van der Waals surface area contributed by atoms with E-state index in [1.54, 1.807) is 0 Å². The topological polar surface area (TPSA) is 57.5 Å². The summed E-state index contributed by atoms with van der Waals surface area (Å²) in [5.74, 6) is 0.902. The number of hydrogen-bond donors (Lipinski definition) is 2. The molecule has 0 amide bonds. The van der Waals surface area contributed by atoms with Gasteiger partial charge in [-0.25, -0.2) is 0 Å². The Morgan fingerprint density at radius 1 is 1.34 bits per heavy atom. The first-order chi connectivity index (χ1) is 13.7. The van der Waals surface area contributed by atoms with Crippen LogP contribution in [0.5, 0.6) is 0 Å². The van der Waals surface area contributed by atoms with Crippen molar-refractivity contribution in [1.29, 1.82) is 0 Å². The van der Waals surface area contributed by atoms with Gasteiger partial charge in [-0.15, -0.1) is 24.0 Å². The van der Waals surface area contributed by atoms with Crippen LogP contribution in [0.1, 0.15) is 31.7 Å². The number of guanidine groups is 1. The quantitative estimate of drug-likeness (QED) is 0.247. The number of aromatic nitrogens is 2. The van der Waals surface area contributed by atoms with E-state index in [0.717, 1.165) is 56.4 Å². The maximum atomic E-state index is 6.24. The molecule has 29 heavy (non-hydrogen) atoms. The SMILES string of the molecule is CCNC(=NCCCc1ccccc1Cl)NC1CCCN(c2cnn(C)c2)C1.I. The largest absolute Gasteiger partial charge is 0.367 e. The van der Waals surface area contributed by atoms with Gasteiger partial charge in [-0.05, 0) is 44.2 Å². The highest BCUT2D eigenvalue weighted by Gasteiger charge is 2.21. The van der Waals surface area contributed by atoms with Crippen molar-refractivity contribution >= 4 is 47.2 Å². The second-order valence-electron chi connectivity index (χ2n) is 7.26. The monoisotopic (exact) mass is 530 g/mol. The zero-order chi connectivity index (χ0) is 19.8. The lowest BCUT2D eigenvalue weighted by Gasteiger charge is -2.34. The normalized spacial score (nSPS) is 17.0. The average Bonchev–Trinajstić information content (AvgIpc) is 3.13. The number of nitrogens with one attached hydrogen (secondary N) is 2. The van der Waals surface area contributed by atoms with E-state index in [2.05, 4.69) is 39.8 Å². The Bertz CT molecular complexity index is 778. The number of aliphatic imine (C=N–C) groups is 1. The average molecular weight is 531 g/mol. The molecule has 2 heterocycles. The fourth-order valence-electron chi connectivity index (χ4n) is 3.58. The Balaban J connectivity index is 0.00000300. The standard InChI is InChI=1S/C21H31ClN6.HI/c1-3-23-21(24-12-6-9-17-8-4-5-11-20(17)22)26-18-10-7-13-28(15-18)19-14-25-27(2)16-19;/h4-5,8,11,14,16,18H,3,6-7,9-10,12-13,15H2,1-2H3,(H2,23,24,26);1H. The summed E-state index contributed by atoms with van der Waals surface area (Å²) in [6.07, 6.45) is 8.26. The molecule has 1 aliphatic heterocycles. The summed E-state index contributed by atoms with van der Waals surface area (Å²) in [5, 5.41) is 12.1. The molecule has 0 saturated carbocycles. The molecule has 1 aromatic carbocycles. The fraction of sp³-hybridized carbons (Fsp3) is 0.524. The highest BCUT2D eigenvalue weighted by Crippen LogP contribution is 2.19. The van der Waals surface area contributed by atoms with E-state index in [1.165, 1.54) is 17.7 Å². The molecule has 1 aliphatic rings. The highest BCUT2D eigenvalue weighted by atomic mass is 127. The Kier molecular flexibility index (Phi) is 10.1. The first kappa shape index (κ1) is 23.8. The zero-order valence-corrected chi connectivity index (χ0v) is 20.4. The van der Waals surface area contributed by atoms with Gasteiger partial charge in [0.05, 0.1) is 11.9 Å². The molecule has 1 atom stereocenters. The Morgan fingerprint density at radius 3 is 2.90 bits per heavy atom. The molecule has 0 radical (unpaired) electrons. The zero-order valence-electron chi connectivity index (χ0n) is 17.3. The van der Waals surface area contributed by atoms with Gasteiger partial charge < -0.3 is 15.5 Å². The molecular weight excluding hydrogens is 499 g/mol. The van der Waals surface area contributed by atoms with Gasteiger partial charge in [-0.3, -0.25) is 9.67 Å². The smallest absolute Gasteiger partial charge is 0.191 e. The lowest BCUT2D eigenvalue weighted by atomic mass is 10.1. The summed E-state index contributed by atoms with van der Waals surface area (Å²) in [4.78, 5) is 7.17. The van der Waals surface area contributed by atoms with Crippen LogP contribution in [0.3, 0.4) is 0 Å². The molecule has 1 saturated heterocycles. The third kappa shape index (κ3) is 7.37. The summed E-state index contributed by atoms with van der Waals surface area (Å²) in [5.41, 5.74) is 2.38. The molecule has 1 fully saturated rings. The Morgan fingerprint density at radius 2 is 2.17 bits per heavy atom. The second-order valence-corrected chi connectivity index (χ2v) is 7.66. The van der Waals surface area contributed by atoms with Crippen LogP contribution in [0.4, 0.5) is 5.69 Å². The molecular formula is C21H32ClIN6. The van der Waals surface area contributed by atoms with Crippen LogP contribution >= 0.6 is 35.6 Å². The minimum atomic E-state index is 0. The minimum absolute atomic E-state index is 0. The van der Waals surface area contributed by atoms with E-state index in [4.69, 9.17) is 16.6 Å². The molecule has 3 rings (SSSR count). The predicted octanol–water partition coefficient (Wildman–Crippen LogP) is 3.85. The van der Waals surface area contributed by atoms with Gasteiger partial charge in [-0.1, -0.05) is 29.8 Å². The Hall–Kier alpha value is -1.48. The maximum Gasteiger partial charge on any atom is 0.191 e. The van der Waals surface area contributed by atoms with E-state index in [0.29, 0.717) is 6.04 Å². The third-order valence-corrected chi connectivity index (χ3v) is 5.36. The van der Waals surface area contributed by atoms with Crippen molar-refractivity contribution in [2.45, 2.75) is 38.6 Å². The molecule has 160 valence electrons. The van der Waals surface area contributed by atoms with Gasteiger partial charge in [0.25, 0.3) is 0 Å². The van der Waals surface area contributed by atoms with Crippen LogP contribution in [-0.4, -0.2) is 48.0 Å². The third-order valence-electron chi connectivity index (χ3n) is 4.99. The highest BCUT2D eigenvalue weighted by molar-refractivity contribution is 14.0. The number of rotatable bonds is 7. The van der Waals surface area contributed by atoms with Gasteiger partial charge in [0.15, 0.2) is 5.96 Å². The van der Waals surface area contributed by atoms with Crippen LogP contribution in [0.25, 0.3) is 0 Å². The summed E-state index contributed by atoms with van der Waals surface area (Å²) < 4.78 is 1.86. The molecule has 0 spiro atoms. The van der Waals surface area contributed by atoms with Crippen molar-refractivity contribution in [3.8, 4) is 0 Å². The number of benzene rings is 1. The minimum Gasteiger partial charge on any atom is -0.367 e. The summed E-state index contributed by atoms with van der Waals surface area (Å²) in [6.45, 7) is 5.78. The van der Waals surface area contributed by atoms with Gasteiger partial charge in [0, 0.05) is 50.5 Å². The summed E-state index contributed by atoms with van der Waals surface area (Å²) >= 11 is 6.24. The van der Waals surface area contributed by atoms with Gasteiger partial charge in [-0.2, -0.15) is 5.10 Å². The Labute approximate surface area is 196 Å². The van der Waals surface area contributed by atoms with Gasteiger partial charge in [0.2, 0.25) is 0 Å². The van der Waals surface area contributed by atoms with Crippen LogP contribution in [0.15, 0.2) is 41.7 Å². The molecule has 1 unspecified atom stereocenters. The van der Waals surface area contributed by atoms with E-state index in [1.807, 2.05) is 36.1 Å². The predicted molar refractivity (Wildman–Crippen MR) is 133 cm³/mol. The van der Waals surface area contributed by atoms with Crippen molar-refractivity contribution in [2.24, 2.45) is 12.0 Å². The number of nitrogens with zero attached hydrogens (tertiary/aromatic N) is 4. The lowest BCUT2D eigenvalue weighted by molar-refractivity contribution is 0.468. The van der Waals surface area contributed by atoms with E-state index >= 15 is 0 Å². The van der Waals surface area contributed by atoms with Gasteiger partial charge in [0.1, 0.15) is 0 Å². The van der Waals surface area contributed by atoms with E-state index in [9.17, 15) is 0 Å². The summed E-state index contributed by atoms with van der Waals surface area (Å²) in [6, 6.07) is 8.42. The van der Waals surface area contributed by atoms with Crippen molar-refractivity contribution in [1.82, 2.24) is 20.4 Å².